The number of carbonyl (C=O) groups is 3. The molecule has 0 bridgehead atoms. The highest BCUT2D eigenvalue weighted by Gasteiger charge is 2.48. The van der Waals surface area contributed by atoms with Crippen molar-refractivity contribution >= 4 is 17.7 Å². The molecule has 2 aromatic carbocycles. The summed E-state index contributed by atoms with van der Waals surface area (Å²) in [5, 5.41) is 8.14. The first-order chi connectivity index (χ1) is 16.6. The van der Waals surface area contributed by atoms with Crippen LogP contribution in [0.4, 0.5) is 13.2 Å². The van der Waals surface area contributed by atoms with E-state index in [1.807, 2.05) is 32.0 Å². The van der Waals surface area contributed by atoms with Gasteiger partial charge in [0, 0.05) is 18.7 Å². The average molecular weight is 507 g/mol. The SMILES string of the molecule is Cc1ccc(CNCC(NC(=O)CNC(=O)c2cccc(C(F)(F)F)c2)(C(N)=O)C(C)(C)C)c(C)c1. The smallest absolute Gasteiger partial charge is 0.368 e. The van der Waals surface area contributed by atoms with E-state index in [0.717, 1.165) is 28.8 Å². The number of aryl methyl sites for hydroxylation is 2. The molecular formula is C26H33F3N4O3. The maximum absolute atomic E-state index is 12.9. The molecule has 196 valence electrons. The molecule has 0 aliphatic carbocycles. The third-order valence-electron chi connectivity index (χ3n) is 6.12. The lowest BCUT2D eigenvalue weighted by Gasteiger charge is -2.43. The van der Waals surface area contributed by atoms with Gasteiger partial charge in [-0.05, 0) is 48.6 Å². The van der Waals surface area contributed by atoms with E-state index in [-0.39, 0.29) is 12.1 Å². The molecule has 0 fully saturated rings. The zero-order valence-electron chi connectivity index (χ0n) is 21.1. The first-order valence-corrected chi connectivity index (χ1v) is 11.4. The maximum Gasteiger partial charge on any atom is 0.416 e. The van der Waals surface area contributed by atoms with Crippen molar-refractivity contribution in [3.63, 3.8) is 0 Å². The molecule has 0 aliphatic rings. The van der Waals surface area contributed by atoms with Crippen molar-refractivity contribution in [2.75, 3.05) is 13.1 Å². The van der Waals surface area contributed by atoms with Gasteiger partial charge in [0.1, 0.15) is 5.54 Å². The number of benzene rings is 2. The number of rotatable bonds is 9. The Bertz CT molecular complexity index is 1130. The Kier molecular flexibility index (Phi) is 8.90. The van der Waals surface area contributed by atoms with Gasteiger partial charge in [-0.15, -0.1) is 0 Å². The molecule has 10 heteroatoms. The Morgan fingerprint density at radius 3 is 2.19 bits per heavy atom. The van der Waals surface area contributed by atoms with Crippen molar-refractivity contribution in [2.45, 2.75) is 52.9 Å². The summed E-state index contributed by atoms with van der Waals surface area (Å²) in [5.74, 6) is -2.33. The predicted octanol–water partition coefficient (Wildman–Crippen LogP) is 3.23. The normalized spacial score (nSPS) is 13.6. The van der Waals surface area contributed by atoms with Crippen LogP contribution in [0.2, 0.25) is 0 Å². The minimum Gasteiger partial charge on any atom is -0.368 e. The minimum atomic E-state index is -4.61. The van der Waals surface area contributed by atoms with Crippen molar-refractivity contribution < 1.29 is 27.6 Å². The highest BCUT2D eigenvalue weighted by atomic mass is 19.4. The van der Waals surface area contributed by atoms with Crippen LogP contribution in [-0.2, 0) is 22.3 Å². The molecule has 0 aromatic heterocycles. The van der Waals surface area contributed by atoms with Crippen LogP contribution in [0.15, 0.2) is 42.5 Å². The molecule has 1 atom stereocenters. The maximum atomic E-state index is 12.9. The second-order valence-corrected chi connectivity index (χ2v) is 9.86. The molecule has 2 rings (SSSR count). The number of nitrogens with one attached hydrogen (secondary N) is 3. The van der Waals surface area contributed by atoms with Gasteiger partial charge in [-0.3, -0.25) is 14.4 Å². The number of hydrogen-bond acceptors (Lipinski definition) is 4. The van der Waals surface area contributed by atoms with Crippen LogP contribution < -0.4 is 21.7 Å². The van der Waals surface area contributed by atoms with Crippen molar-refractivity contribution in [3.8, 4) is 0 Å². The van der Waals surface area contributed by atoms with Gasteiger partial charge in [0.05, 0.1) is 12.1 Å². The number of hydrogen-bond donors (Lipinski definition) is 4. The molecule has 7 nitrogen and oxygen atoms in total. The molecule has 0 saturated carbocycles. The van der Waals surface area contributed by atoms with Crippen LogP contribution in [0.3, 0.4) is 0 Å². The van der Waals surface area contributed by atoms with Crippen molar-refractivity contribution in [3.05, 3.63) is 70.3 Å². The van der Waals surface area contributed by atoms with Crippen LogP contribution >= 0.6 is 0 Å². The summed E-state index contributed by atoms with van der Waals surface area (Å²) in [6.07, 6.45) is -4.61. The zero-order valence-corrected chi connectivity index (χ0v) is 21.1. The van der Waals surface area contributed by atoms with Gasteiger partial charge in [0.2, 0.25) is 11.8 Å². The molecular weight excluding hydrogens is 473 g/mol. The Balaban J connectivity index is 2.11. The molecule has 36 heavy (non-hydrogen) atoms. The number of halogens is 3. The largest absolute Gasteiger partial charge is 0.416 e. The Morgan fingerprint density at radius 2 is 1.64 bits per heavy atom. The lowest BCUT2D eigenvalue weighted by Crippen LogP contribution is -2.69. The van der Waals surface area contributed by atoms with Crippen molar-refractivity contribution in [1.82, 2.24) is 16.0 Å². The topological polar surface area (TPSA) is 113 Å². The van der Waals surface area contributed by atoms with Gasteiger partial charge in [-0.2, -0.15) is 13.2 Å². The fraction of sp³-hybridized carbons (Fsp3) is 0.423. The van der Waals surface area contributed by atoms with Crippen molar-refractivity contribution in [2.24, 2.45) is 11.1 Å². The average Bonchev–Trinajstić information content (AvgIpc) is 2.76. The van der Waals surface area contributed by atoms with E-state index in [0.29, 0.717) is 12.6 Å². The molecule has 0 aliphatic heterocycles. The third kappa shape index (κ3) is 7.07. The van der Waals surface area contributed by atoms with Crippen LogP contribution in [0, 0.1) is 19.3 Å². The lowest BCUT2D eigenvalue weighted by atomic mass is 9.72. The van der Waals surface area contributed by atoms with Gasteiger partial charge in [0.25, 0.3) is 5.91 Å². The Hall–Kier alpha value is -3.40. The number of alkyl halides is 3. The second kappa shape index (κ2) is 11.1. The third-order valence-corrected chi connectivity index (χ3v) is 6.12. The van der Waals surface area contributed by atoms with Gasteiger partial charge < -0.3 is 21.7 Å². The monoisotopic (exact) mass is 506 g/mol. The van der Waals surface area contributed by atoms with Crippen LogP contribution in [-0.4, -0.2) is 36.3 Å². The standard InChI is InChI=1S/C26H33F3N4O3/c1-16-9-10-19(17(2)11-16)13-31-15-25(23(30)36,24(3,4)5)33-21(34)14-32-22(35)18-7-6-8-20(12-18)26(27,28)29/h6-12,31H,13-15H2,1-5H3,(H2,30,36)(H,32,35)(H,33,34). The summed E-state index contributed by atoms with van der Waals surface area (Å²) in [6.45, 7) is 9.10. The Morgan fingerprint density at radius 1 is 0.972 bits per heavy atom. The van der Waals surface area contributed by atoms with Gasteiger partial charge in [0.15, 0.2) is 0 Å². The summed E-state index contributed by atoms with van der Waals surface area (Å²) in [4.78, 5) is 37.7. The highest BCUT2D eigenvalue weighted by molar-refractivity contribution is 5.98. The van der Waals surface area contributed by atoms with E-state index >= 15 is 0 Å². The van der Waals surface area contributed by atoms with E-state index < -0.39 is 47.0 Å². The highest BCUT2D eigenvalue weighted by Crippen LogP contribution is 2.31. The molecule has 1 unspecified atom stereocenters. The lowest BCUT2D eigenvalue weighted by molar-refractivity contribution is -0.137. The zero-order chi connectivity index (χ0) is 27.3. The molecule has 0 radical (unpaired) electrons. The summed E-state index contributed by atoms with van der Waals surface area (Å²) in [6, 6.07) is 9.86. The fourth-order valence-electron chi connectivity index (χ4n) is 3.83. The summed E-state index contributed by atoms with van der Waals surface area (Å²) >= 11 is 0. The summed E-state index contributed by atoms with van der Waals surface area (Å²) < 4.78 is 38.8. The fourth-order valence-corrected chi connectivity index (χ4v) is 3.83. The van der Waals surface area contributed by atoms with Gasteiger partial charge >= 0.3 is 6.18 Å². The Labute approximate surface area is 209 Å². The molecule has 0 spiro atoms. The van der Waals surface area contributed by atoms with E-state index in [2.05, 4.69) is 16.0 Å². The van der Waals surface area contributed by atoms with E-state index in [4.69, 9.17) is 5.73 Å². The number of primary amides is 1. The predicted molar refractivity (Wildman–Crippen MR) is 131 cm³/mol. The van der Waals surface area contributed by atoms with Crippen LogP contribution in [0.5, 0.6) is 0 Å². The van der Waals surface area contributed by atoms with Crippen molar-refractivity contribution in [1.29, 1.82) is 0 Å². The van der Waals surface area contributed by atoms with E-state index in [1.165, 1.54) is 6.07 Å². The molecule has 2 aromatic rings. The number of nitrogens with two attached hydrogens (primary N) is 1. The molecule has 3 amide bonds. The van der Waals surface area contributed by atoms with E-state index in [1.54, 1.807) is 20.8 Å². The first-order valence-electron chi connectivity index (χ1n) is 11.4. The molecule has 5 N–H and O–H groups in total. The van der Waals surface area contributed by atoms with Crippen LogP contribution in [0.25, 0.3) is 0 Å². The number of carbonyl (C=O) groups excluding carboxylic acids is 3. The molecule has 0 heterocycles. The van der Waals surface area contributed by atoms with Gasteiger partial charge in [-0.25, -0.2) is 0 Å². The summed E-state index contributed by atoms with van der Waals surface area (Å²) in [5.41, 5.74) is 5.43. The second-order valence-electron chi connectivity index (χ2n) is 9.86. The number of amides is 3. The molecule has 0 saturated heterocycles. The quantitative estimate of drug-likeness (QED) is 0.418. The minimum absolute atomic E-state index is 0.0203. The van der Waals surface area contributed by atoms with E-state index in [9.17, 15) is 27.6 Å². The first kappa shape index (κ1) is 28.8. The van der Waals surface area contributed by atoms with Gasteiger partial charge in [-0.1, -0.05) is 50.6 Å². The van der Waals surface area contributed by atoms with Crippen LogP contribution in [0.1, 0.15) is 53.4 Å². The summed E-state index contributed by atoms with van der Waals surface area (Å²) in [7, 11) is 0.